The third-order valence-corrected chi connectivity index (χ3v) is 4.63. The summed E-state index contributed by atoms with van der Waals surface area (Å²) in [6.45, 7) is 1.39. The van der Waals surface area contributed by atoms with Gasteiger partial charge in [0.1, 0.15) is 0 Å². The smallest absolute Gasteiger partial charge is 0.251 e. The highest BCUT2D eigenvalue weighted by Crippen LogP contribution is 2.23. The molecule has 1 N–H and O–H groups in total. The maximum Gasteiger partial charge on any atom is 0.251 e. The summed E-state index contributed by atoms with van der Waals surface area (Å²) in [4.78, 5) is 19.0. The standard InChI is InChI=1S/C21H23N7O/c1-26(2)10-9-22-21(29)16-6-4-5-15(11-16)19-13-23-20-8-7-18(25-28(19)20)17-12-24-27(3)14-17/h4-8,11-14H,9-10H2,1-3H3,(H,22,29). The first-order valence-electron chi connectivity index (χ1n) is 9.38. The van der Waals surface area contributed by atoms with Crippen LogP contribution in [0.4, 0.5) is 0 Å². The van der Waals surface area contributed by atoms with E-state index in [1.54, 1.807) is 21.6 Å². The summed E-state index contributed by atoms with van der Waals surface area (Å²) in [5.41, 5.74) is 4.81. The van der Waals surface area contributed by atoms with Crippen molar-refractivity contribution >= 4 is 11.6 Å². The molecule has 0 saturated heterocycles. The van der Waals surface area contributed by atoms with Gasteiger partial charge < -0.3 is 10.2 Å². The highest BCUT2D eigenvalue weighted by atomic mass is 16.1. The van der Waals surface area contributed by atoms with E-state index in [-0.39, 0.29) is 5.91 Å². The monoisotopic (exact) mass is 389 g/mol. The van der Waals surface area contributed by atoms with Gasteiger partial charge in [0, 0.05) is 43.0 Å². The van der Waals surface area contributed by atoms with E-state index in [9.17, 15) is 4.79 Å². The van der Waals surface area contributed by atoms with Gasteiger partial charge in [-0.3, -0.25) is 9.48 Å². The van der Waals surface area contributed by atoms with E-state index in [0.29, 0.717) is 12.1 Å². The maximum atomic E-state index is 12.5. The van der Waals surface area contributed by atoms with Crippen molar-refractivity contribution in [3.8, 4) is 22.5 Å². The fourth-order valence-corrected chi connectivity index (χ4v) is 3.09. The normalized spacial score (nSPS) is 11.3. The molecule has 0 aliphatic carbocycles. The van der Waals surface area contributed by atoms with E-state index < -0.39 is 0 Å². The van der Waals surface area contributed by atoms with Crippen LogP contribution in [-0.2, 0) is 7.05 Å². The van der Waals surface area contributed by atoms with Crippen molar-refractivity contribution in [2.75, 3.05) is 27.2 Å². The first kappa shape index (κ1) is 18.8. The Morgan fingerprint density at radius 3 is 2.76 bits per heavy atom. The molecule has 3 aromatic heterocycles. The van der Waals surface area contributed by atoms with Crippen molar-refractivity contribution in [2.24, 2.45) is 7.05 Å². The van der Waals surface area contributed by atoms with E-state index in [1.807, 2.05) is 68.6 Å². The molecule has 0 atom stereocenters. The van der Waals surface area contributed by atoms with Crippen LogP contribution in [0, 0.1) is 0 Å². The Balaban J connectivity index is 1.65. The number of nitrogens with zero attached hydrogens (tertiary/aromatic N) is 6. The second-order valence-corrected chi connectivity index (χ2v) is 7.17. The van der Waals surface area contributed by atoms with Crippen LogP contribution in [0.1, 0.15) is 10.4 Å². The molecule has 4 aromatic rings. The molecule has 0 spiro atoms. The lowest BCUT2D eigenvalue weighted by molar-refractivity contribution is 0.0951. The number of amides is 1. The molecule has 0 saturated carbocycles. The van der Waals surface area contributed by atoms with Gasteiger partial charge in [0.25, 0.3) is 5.91 Å². The second kappa shape index (κ2) is 7.84. The molecular weight excluding hydrogens is 366 g/mol. The number of rotatable bonds is 6. The predicted octanol–water partition coefficient (Wildman–Crippen LogP) is 2.09. The Morgan fingerprint density at radius 2 is 2.00 bits per heavy atom. The minimum absolute atomic E-state index is 0.0912. The number of benzene rings is 1. The van der Waals surface area contributed by atoms with E-state index in [2.05, 4.69) is 15.4 Å². The molecule has 0 bridgehead atoms. The summed E-state index contributed by atoms with van der Waals surface area (Å²) in [5, 5.41) is 11.9. The summed E-state index contributed by atoms with van der Waals surface area (Å²) in [7, 11) is 5.83. The molecule has 1 aromatic carbocycles. The van der Waals surface area contributed by atoms with Crippen molar-refractivity contribution in [1.29, 1.82) is 0 Å². The number of fused-ring (bicyclic) bond motifs is 1. The lowest BCUT2D eigenvalue weighted by atomic mass is 10.1. The highest BCUT2D eigenvalue weighted by Gasteiger charge is 2.12. The zero-order chi connectivity index (χ0) is 20.4. The molecule has 0 aliphatic rings. The van der Waals surface area contributed by atoms with Crippen LogP contribution in [0.15, 0.2) is 55.0 Å². The van der Waals surface area contributed by atoms with Crippen molar-refractivity contribution in [1.82, 2.24) is 34.6 Å². The number of hydrogen-bond donors (Lipinski definition) is 1. The van der Waals surface area contributed by atoms with E-state index >= 15 is 0 Å². The number of carbonyl (C=O) groups is 1. The molecular formula is C21H23N7O. The van der Waals surface area contributed by atoms with E-state index in [1.165, 1.54) is 0 Å². The average Bonchev–Trinajstić information content (AvgIpc) is 3.33. The van der Waals surface area contributed by atoms with Crippen molar-refractivity contribution in [2.45, 2.75) is 0 Å². The Hall–Kier alpha value is -3.52. The molecule has 1 amide bonds. The Bertz CT molecular complexity index is 1160. The zero-order valence-electron chi connectivity index (χ0n) is 16.7. The predicted molar refractivity (Wildman–Crippen MR) is 112 cm³/mol. The lowest BCUT2D eigenvalue weighted by Gasteiger charge is -2.11. The van der Waals surface area contributed by atoms with Crippen LogP contribution < -0.4 is 5.32 Å². The van der Waals surface area contributed by atoms with Gasteiger partial charge in [-0.25, -0.2) is 9.50 Å². The maximum absolute atomic E-state index is 12.5. The third-order valence-electron chi connectivity index (χ3n) is 4.63. The summed E-state index contributed by atoms with van der Waals surface area (Å²) >= 11 is 0. The molecule has 148 valence electrons. The molecule has 8 nitrogen and oxygen atoms in total. The lowest BCUT2D eigenvalue weighted by Crippen LogP contribution is -2.31. The summed E-state index contributed by atoms with van der Waals surface area (Å²) in [6, 6.07) is 11.4. The number of likely N-dealkylation sites (N-methyl/N-ethyl adjacent to an activating group) is 1. The molecule has 8 heteroatoms. The zero-order valence-corrected chi connectivity index (χ0v) is 16.7. The summed E-state index contributed by atoms with van der Waals surface area (Å²) in [6.07, 6.45) is 5.48. The SMILES string of the molecule is CN(C)CCNC(=O)c1cccc(-c2cnc3ccc(-c4cnn(C)c4)nn23)c1. The molecule has 0 radical (unpaired) electrons. The second-order valence-electron chi connectivity index (χ2n) is 7.17. The number of imidazole rings is 1. The van der Waals surface area contributed by atoms with Crippen LogP contribution in [-0.4, -0.2) is 62.4 Å². The number of hydrogen-bond acceptors (Lipinski definition) is 5. The van der Waals surface area contributed by atoms with Gasteiger partial charge in [0.2, 0.25) is 0 Å². The largest absolute Gasteiger partial charge is 0.351 e. The fraction of sp³-hybridized carbons (Fsp3) is 0.238. The van der Waals surface area contributed by atoms with Gasteiger partial charge in [0.15, 0.2) is 5.65 Å². The third kappa shape index (κ3) is 4.02. The van der Waals surface area contributed by atoms with Crippen LogP contribution in [0.2, 0.25) is 0 Å². The Kier molecular flexibility index (Phi) is 5.09. The summed E-state index contributed by atoms with van der Waals surface area (Å²) < 4.78 is 3.54. The van der Waals surface area contributed by atoms with Gasteiger partial charge in [-0.1, -0.05) is 12.1 Å². The van der Waals surface area contributed by atoms with Crippen molar-refractivity contribution in [3.63, 3.8) is 0 Å². The topological polar surface area (TPSA) is 80.3 Å². The summed E-state index contributed by atoms with van der Waals surface area (Å²) in [5.74, 6) is -0.0912. The molecule has 0 aliphatic heterocycles. The van der Waals surface area contributed by atoms with Crippen LogP contribution in [0.25, 0.3) is 28.2 Å². The minimum atomic E-state index is -0.0912. The van der Waals surface area contributed by atoms with Crippen LogP contribution >= 0.6 is 0 Å². The fourth-order valence-electron chi connectivity index (χ4n) is 3.09. The first-order chi connectivity index (χ1) is 14.0. The van der Waals surface area contributed by atoms with Crippen LogP contribution in [0.5, 0.6) is 0 Å². The van der Waals surface area contributed by atoms with E-state index in [0.717, 1.165) is 34.7 Å². The Labute approximate surface area is 168 Å². The number of carbonyl (C=O) groups excluding carboxylic acids is 1. The van der Waals surface area contributed by atoms with E-state index in [4.69, 9.17) is 5.10 Å². The number of aromatic nitrogens is 5. The molecule has 29 heavy (non-hydrogen) atoms. The highest BCUT2D eigenvalue weighted by molar-refractivity contribution is 5.95. The van der Waals surface area contributed by atoms with Gasteiger partial charge in [0.05, 0.1) is 23.8 Å². The molecule has 0 unspecified atom stereocenters. The van der Waals surface area contributed by atoms with Gasteiger partial charge >= 0.3 is 0 Å². The molecule has 3 heterocycles. The van der Waals surface area contributed by atoms with Gasteiger partial charge in [-0.2, -0.15) is 10.2 Å². The molecule has 0 fully saturated rings. The minimum Gasteiger partial charge on any atom is -0.351 e. The molecule has 4 rings (SSSR count). The van der Waals surface area contributed by atoms with Gasteiger partial charge in [-0.05, 0) is 38.4 Å². The van der Waals surface area contributed by atoms with Gasteiger partial charge in [-0.15, -0.1) is 0 Å². The van der Waals surface area contributed by atoms with Crippen molar-refractivity contribution < 1.29 is 4.79 Å². The number of aryl methyl sites for hydroxylation is 1. The average molecular weight is 389 g/mol. The first-order valence-corrected chi connectivity index (χ1v) is 9.38. The quantitative estimate of drug-likeness (QED) is 0.546. The van der Waals surface area contributed by atoms with Crippen LogP contribution in [0.3, 0.4) is 0 Å². The Morgan fingerprint density at radius 1 is 1.14 bits per heavy atom. The van der Waals surface area contributed by atoms with Crippen molar-refractivity contribution in [3.05, 3.63) is 60.6 Å². The number of nitrogens with one attached hydrogen (secondary N) is 1.